The van der Waals surface area contributed by atoms with Crippen molar-refractivity contribution in [3.63, 3.8) is 0 Å². The van der Waals surface area contributed by atoms with Gasteiger partial charge in [-0.1, -0.05) is 37.3 Å². The van der Waals surface area contributed by atoms with E-state index in [-0.39, 0.29) is 31.6 Å². The lowest BCUT2D eigenvalue weighted by atomic mass is 9.89. The normalized spacial score (nSPS) is 17.8. The SMILES string of the molecule is COc1cc(CCC(=O)NCCO)cc2c(C(=O)OC3CCC(C)CC3)c(-c3ccccc3)oc12. The molecule has 0 bridgehead atoms. The predicted octanol–water partition coefficient (Wildman–Crippen LogP) is 4.89. The lowest BCUT2D eigenvalue weighted by molar-refractivity contribution is -0.121. The maximum Gasteiger partial charge on any atom is 0.343 e. The summed E-state index contributed by atoms with van der Waals surface area (Å²) in [4.78, 5) is 25.6. The number of ether oxygens (including phenoxy) is 2. The largest absolute Gasteiger partial charge is 0.493 e. The van der Waals surface area contributed by atoms with Crippen molar-refractivity contribution in [2.45, 2.75) is 51.6 Å². The number of carbonyl (C=O) groups is 2. The van der Waals surface area contributed by atoms with Gasteiger partial charge in [-0.05, 0) is 55.7 Å². The highest BCUT2D eigenvalue weighted by Gasteiger charge is 2.29. The van der Waals surface area contributed by atoms with E-state index in [4.69, 9.17) is 19.0 Å². The molecule has 2 N–H and O–H groups in total. The van der Waals surface area contributed by atoms with Gasteiger partial charge in [0.15, 0.2) is 11.3 Å². The van der Waals surface area contributed by atoms with Crippen molar-refractivity contribution in [2.24, 2.45) is 5.92 Å². The molecule has 7 heteroatoms. The minimum absolute atomic E-state index is 0.103. The van der Waals surface area contributed by atoms with E-state index in [1.54, 1.807) is 7.11 Å². The van der Waals surface area contributed by atoms with Crippen molar-refractivity contribution in [1.82, 2.24) is 5.32 Å². The van der Waals surface area contributed by atoms with Gasteiger partial charge in [0.25, 0.3) is 0 Å². The molecule has 1 heterocycles. The van der Waals surface area contributed by atoms with Crippen LogP contribution in [0.25, 0.3) is 22.3 Å². The first-order chi connectivity index (χ1) is 17.0. The molecule has 1 fully saturated rings. The van der Waals surface area contributed by atoms with Crippen LogP contribution < -0.4 is 10.1 Å². The van der Waals surface area contributed by atoms with Crippen LogP contribution in [0.3, 0.4) is 0 Å². The zero-order valence-corrected chi connectivity index (χ0v) is 20.3. The predicted molar refractivity (Wildman–Crippen MR) is 133 cm³/mol. The van der Waals surface area contributed by atoms with Gasteiger partial charge in [-0.15, -0.1) is 0 Å². The van der Waals surface area contributed by atoms with E-state index in [2.05, 4.69) is 12.2 Å². The van der Waals surface area contributed by atoms with Crippen LogP contribution >= 0.6 is 0 Å². The molecule has 3 aromatic rings. The number of furan rings is 1. The Morgan fingerprint density at radius 3 is 2.54 bits per heavy atom. The molecular weight excluding hydrogens is 446 g/mol. The molecular formula is C28H33NO6. The van der Waals surface area contributed by atoms with Gasteiger partial charge in [-0.25, -0.2) is 4.79 Å². The highest BCUT2D eigenvalue weighted by Crippen LogP contribution is 2.40. The molecule has 1 aliphatic carbocycles. The Morgan fingerprint density at radius 1 is 1.11 bits per heavy atom. The fourth-order valence-electron chi connectivity index (χ4n) is 4.62. The molecule has 0 saturated heterocycles. The van der Waals surface area contributed by atoms with Gasteiger partial charge in [0.1, 0.15) is 17.4 Å². The van der Waals surface area contributed by atoms with E-state index in [1.807, 2.05) is 42.5 Å². The lowest BCUT2D eigenvalue weighted by Gasteiger charge is -2.26. The van der Waals surface area contributed by atoms with Crippen molar-refractivity contribution < 1.29 is 28.6 Å². The molecule has 186 valence electrons. The number of hydrogen-bond donors (Lipinski definition) is 2. The molecule has 0 unspecified atom stereocenters. The average molecular weight is 480 g/mol. The summed E-state index contributed by atoms with van der Waals surface area (Å²) in [5.74, 6) is 1.05. The standard InChI is InChI=1S/C28H33NO6/c1-18-8-11-21(12-9-18)34-28(32)25-22-16-19(10-13-24(31)29-14-15-30)17-23(33-2)27(22)35-26(25)20-6-4-3-5-7-20/h3-7,16-18,21,30H,8-15H2,1-2H3,(H,29,31). The van der Waals surface area contributed by atoms with Crippen LogP contribution in [0.5, 0.6) is 5.75 Å². The van der Waals surface area contributed by atoms with Crippen molar-refractivity contribution >= 4 is 22.8 Å². The summed E-state index contributed by atoms with van der Waals surface area (Å²) in [5.41, 5.74) is 2.48. The highest BCUT2D eigenvalue weighted by atomic mass is 16.5. The second-order valence-electron chi connectivity index (χ2n) is 9.21. The van der Waals surface area contributed by atoms with Crippen molar-refractivity contribution in [2.75, 3.05) is 20.3 Å². The first kappa shape index (κ1) is 24.8. The first-order valence-corrected chi connectivity index (χ1v) is 12.3. The summed E-state index contributed by atoms with van der Waals surface area (Å²) in [5, 5.41) is 12.2. The van der Waals surface area contributed by atoms with E-state index < -0.39 is 5.97 Å². The molecule has 7 nitrogen and oxygen atoms in total. The minimum Gasteiger partial charge on any atom is -0.493 e. The third-order valence-electron chi connectivity index (χ3n) is 6.59. The Balaban J connectivity index is 1.72. The number of esters is 1. The molecule has 1 amide bonds. The third kappa shape index (κ3) is 5.85. The number of carbonyl (C=O) groups excluding carboxylic acids is 2. The molecule has 2 aromatic carbocycles. The third-order valence-corrected chi connectivity index (χ3v) is 6.59. The monoisotopic (exact) mass is 479 g/mol. The van der Waals surface area contributed by atoms with Crippen LogP contribution in [0, 0.1) is 5.92 Å². The maximum atomic E-state index is 13.5. The smallest absolute Gasteiger partial charge is 0.343 e. The topological polar surface area (TPSA) is 98.0 Å². The van der Waals surface area contributed by atoms with Gasteiger partial charge in [0, 0.05) is 23.9 Å². The molecule has 0 atom stereocenters. The van der Waals surface area contributed by atoms with Gasteiger partial charge < -0.3 is 24.3 Å². The van der Waals surface area contributed by atoms with Crippen LogP contribution in [0.1, 0.15) is 54.9 Å². The summed E-state index contributed by atoms with van der Waals surface area (Å²) < 4.78 is 17.8. The van der Waals surface area contributed by atoms with E-state index in [1.165, 1.54) is 0 Å². The molecule has 1 aromatic heterocycles. The van der Waals surface area contributed by atoms with Crippen LogP contribution in [-0.2, 0) is 16.0 Å². The second kappa shape index (κ2) is 11.4. The van der Waals surface area contributed by atoms with E-state index in [0.717, 1.165) is 36.8 Å². The molecule has 1 saturated carbocycles. The van der Waals surface area contributed by atoms with Crippen LogP contribution in [0.2, 0.25) is 0 Å². The van der Waals surface area contributed by atoms with Gasteiger partial charge in [-0.3, -0.25) is 4.79 Å². The first-order valence-electron chi connectivity index (χ1n) is 12.3. The molecule has 0 aliphatic heterocycles. The number of aliphatic hydroxyl groups is 1. The van der Waals surface area contributed by atoms with Gasteiger partial charge in [0.2, 0.25) is 5.91 Å². The summed E-state index contributed by atoms with van der Waals surface area (Å²) in [7, 11) is 1.55. The van der Waals surface area contributed by atoms with Crippen LogP contribution in [-0.4, -0.2) is 43.3 Å². The number of hydrogen-bond acceptors (Lipinski definition) is 6. The maximum absolute atomic E-state index is 13.5. The van der Waals surface area contributed by atoms with E-state index in [9.17, 15) is 9.59 Å². The zero-order chi connectivity index (χ0) is 24.8. The van der Waals surface area contributed by atoms with Crippen LogP contribution in [0.15, 0.2) is 46.9 Å². The molecule has 4 rings (SSSR count). The van der Waals surface area contributed by atoms with Gasteiger partial charge >= 0.3 is 5.97 Å². The number of benzene rings is 2. The number of aliphatic hydroxyl groups excluding tert-OH is 1. The number of aryl methyl sites for hydroxylation is 1. The fourth-order valence-corrected chi connectivity index (χ4v) is 4.62. The number of fused-ring (bicyclic) bond motifs is 1. The Labute approximate surface area is 205 Å². The Morgan fingerprint density at radius 2 is 1.86 bits per heavy atom. The van der Waals surface area contributed by atoms with Crippen molar-refractivity contribution in [3.8, 4) is 17.1 Å². The van der Waals surface area contributed by atoms with Gasteiger partial charge in [-0.2, -0.15) is 0 Å². The van der Waals surface area contributed by atoms with E-state index >= 15 is 0 Å². The Bertz CT molecular complexity index is 1160. The second-order valence-corrected chi connectivity index (χ2v) is 9.21. The lowest BCUT2D eigenvalue weighted by Crippen LogP contribution is -2.26. The Kier molecular flexibility index (Phi) is 8.08. The van der Waals surface area contributed by atoms with Crippen molar-refractivity contribution in [1.29, 1.82) is 0 Å². The number of rotatable bonds is 9. The summed E-state index contributed by atoms with van der Waals surface area (Å²) >= 11 is 0. The zero-order valence-electron chi connectivity index (χ0n) is 20.3. The van der Waals surface area contributed by atoms with E-state index in [0.29, 0.717) is 40.4 Å². The highest BCUT2D eigenvalue weighted by molar-refractivity contribution is 6.10. The summed E-state index contributed by atoms with van der Waals surface area (Å²) in [6.45, 7) is 2.35. The molecule has 0 radical (unpaired) electrons. The average Bonchev–Trinajstić information content (AvgIpc) is 3.27. The number of methoxy groups -OCH3 is 1. The minimum atomic E-state index is -0.401. The Hall–Kier alpha value is -3.32. The fraction of sp³-hybridized carbons (Fsp3) is 0.429. The number of nitrogens with one attached hydrogen (secondary N) is 1. The quantitative estimate of drug-likeness (QED) is 0.424. The van der Waals surface area contributed by atoms with Crippen molar-refractivity contribution in [3.05, 3.63) is 53.6 Å². The van der Waals surface area contributed by atoms with Gasteiger partial charge in [0.05, 0.1) is 13.7 Å². The van der Waals surface area contributed by atoms with Crippen LogP contribution in [0.4, 0.5) is 0 Å². The summed E-state index contributed by atoms with van der Waals surface area (Å²) in [6, 6.07) is 13.2. The molecule has 0 spiro atoms. The summed E-state index contributed by atoms with van der Waals surface area (Å²) in [6.07, 6.45) is 4.41. The molecule has 1 aliphatic rings. The molecule has 35 heavy (non-hydrogen) atoms. The number of amides is 1.